The van der Waals surface area contributed by atoms with E-state index in [-0.39, 0.29) is 0 Å². The van der Waals surface area contributed by atoms with Crippen LogP contribution in [0.3, 0.4) is 0 Å². The van der Waals surface area contributed by atoms with Gasteiger partial charge in [-0.2, -0.15) is 0 Å². The Morgan fingerprint density at radius 1 is 0.941 bits per heavy atom. The number of ether oxygens (including phenoxy) is 1. The van der Waals surface area contributed by atoms with Gasteiger partial charge in [-0.15, -0.1) is 0 Å². The average Bonchev–Trinajstić information content (AvgIpc) is 2.79. The van der Waals surface area contributed by atoms with Crippen LogP contribution >= 0.6 is 0 Å². The van der Waals surface area contributed by atoms with Gasteiger partial charge in [0.15, 0.2) is 0 Å². The van der Waals surface area contributed by atoms with Gasteiger partial charge >= 0.3 is 0 Å². The molecule has 34 heavy (non-hydrogen) atoms. The summed E-state index contributed by atoms with van der Waals surface area (Å²) in [7, 11) is -2.21. The fourth-order valence-corrected chi connectivity index (χ4v) is 14.2. The highest BCUT2D eigenvalue weighted by molar-refractivity contribution is 6.78. The average molecular weight is 507 g/mol. The summed E-state index contributed by atoms with van der Waals surface area (Å²) in [6, 6.07) is 7.37. The number of benzene rings is 1. The molecule has 1 N–H and O–H groups in total. The van der Waals surface area contributed by atoms with Gasteiger partial charge in [-0.1, -0.05) is 62.3 Å². The molecule has 0 saturated carbocycles. The maximum atomic E-state index is 11.5. The first-order valence-corrected chi connectivity index (χ1v) is 18.0. The number of methoxy groups -OCH3 is 1. The second-order valence-electron chi connectivity index (χ2n) is 11.0. The van der Waals surface area contributed by atoms with Crippen molar-refractivity contribution in [3.05, 3.63) is 34.6 Å². The fourth-order valence-electron chi connectivity index (χ4n) is 6.25. The van der Waals surface area contributed by atoms with Crippen molar-refractivity contribution in [3.63, 3.8) is 0 Å². The summed E-state index contributed by atoms with van der Waals surface area (Å²) in [5.41, 5.74) is 4.54. The third-order valence-corrected chi connectivity index (χ3v) is 19.0. The van der Waals surface area contributed by atoms with Gasteiger partial charge in [0.2, 0.25) is 8.32 Å². The summed E-state index contributed by atoms with van der Waals surface area (Å²) in [6.07, 6.45) is 0.699. The molecule has 0 unspecified atom stereocenters. The van der Waals surface area contributed by atoms with E-state index in [0.717, 1.165) is 52.9 Å². The molecule has 1 aromatic carbocycles. The van der Waals surface area contributed by atoms with Crippen LogP contribution in [0, 0.1) is 0 Å². The van der Waals surface area contributed by atoms with Crippen molar-refractivity contribution in [2.75, 3.05) is 7.11 Å². The molecular weight excluding hydrogens is 456 g/mol. The smallest absolute Gasteiger partial charge is 0.258 e. The van der Waals surface area contributed by atoms with E-state index in [9.17, 15) is 5.11 Å². The Bertz CT molecular complexity index is 826. The minimum Gasteiger partial charge on any atom is -0.547 e. The molecule has 194 valence electrons. The van der Waals surface area contributed by atoms with Crippen molar-refractivity contribution in [1.82, 2.24) is 0 Å². The van der Waals surface area contributed by atoms with Crippen LogP contribution < -0.4 is 9.16 Å². The van der Waals surface area contributed by atoms with Crippen molar-refractivity contribution in [1.29, 1.82) is 0 Å². The molecule has 1 atom stereocenters. The van der Waals surface area contributed by atoms with Crippen LogP contribution in [0.4, 0.5) is 0 Å². The van der Waals surface area contributed by atoms with E-state index in [1.165, 1.54) is 5.57 Å². The van der Waals surface area contributed by atoms with E-state index in [2.05, 4.69) is 69.2 Å². The van der Waals surface area contributed by atoms with Gasteiger partial charge in [0.25, 0.3) is 8.32 Å². The fraction of sp³-hybridized carbons (Fsp3) is 0.714. The van der Waals surface area contributed by atoms with E-state index in [0.29, 0.717) is 23.0 Å². The van der Waals surface area contributed by atoms with Crippen molar-refractivity contribution in [2.24, 2.45) is 0 Å². The molecule has 1 aliphatic carbocycles. The van der Waals surface area contributed by atoms with Crippen LogP contribution in [-0.4, -0.2) is 28.9 Å². The van der Waals surface area contributed by atoms with Gasteiger partial charge in [0, 0.05) is 24.0 Å². The molecule has 0 spiro atoms. The lowest BCUT2D eigenvalue weighted by molar-refractivity contribution is 0.166. The highest BCUT2D eigenvalue weighted by Crippen LogP contribution is 2.48. The maximum absolute atomic E-state index is 11.5. The summed E-state index contributed by atoms with van der Waals surface area (Å²) >= 11 is 0. The zero-order valence-electron chi connectivity index (χ0n) is 23.7. The molecule has 0 radical (unpaired) electrons. The van der Waals surface area contributed by atoms with Crippen LogP contribution in [0.15, 0.2) is 23.5 Å². The Morgan fingerprint density at radius 2 is 1.44 bits per heavy atom. The highest BCUT2D eigenvalue weighted by Gasteiger charge is 2.48. The van der Waals surface area contributed by atoms with Gasteiger partial charge in [0.05, 0.1) is 19.0 Å². The maximum Gasteiger partial charge on any atom is 0.258 e. The molecule has 0 aliphatic heterocycles. The number of hydrogen-bond donors (Lipinski definition) is 1. The van der Waals surface area contributed by atoms with E-state index in [1.54, 1.807) is 7.11 Å². The summed E-state index contributed by atoms with van der Waals surface area (Å²) in [5.74, 6) is 2.68. The Balaban J connectivity index is 2.58. The molecule has 0 saturated heterocycles. The summed E-state index contributed by atoms with van der Waals surface area (Å²) < 4.78 is 19.5. The zero-order valence-corrected chi connectivity index (χ0v) is 25.7. The highest BCUT2D eigenvalue weighted by atomic mass is 28.4. The summed E-state index contributed by atoms with van der Waals surface area (Å²) in [5, 5.41) is 11.5. The minimum absolute atomic E-state index is 0.465. The second-order valence-corrected chi connectivity index (χ2v) is 21.0. The molecule has 0 amide bonds. The first kappa shape index (κ1) is 29.0. The number of aliphatic hydroxyl groups excluding tert-OH is 1. The van der Waals surface area contributed by atoms with Crippen LogP contribution in [0.25, 0.3) is 0 Å². The standard InChI is InChI=1S/C28H50O4Si2/c1-12-33(13-2,14-3)31-22(10)23-17-24-26(30-11)15-16-27(28(24)25(29)18-23)32-34(19(4)5,20(6)7)21(8)9/h15-16,19-21,25,29H,12-14,17-18H2,1-11H3/b23-22+/t25-/m0/s1. The lowest BCUT2D eigenvalue weighted by Gasteiger charge is -2.43. The summed E-state index contributed by atoms with van der Waals surface area (Å²) in [4.78, 5) is 0. The molecule has 2 rings (SSSR count). The van der Waals surface area contributed by atoms with Crippen molar-refractivity contribution in [2.45, 2.75) is 123 Å². The van der Waals surface area contributed by atoms with Gasteiger partial charge in [-0.3, -0.25) is 0 Å². The van der Waals surface area contributed by atoms with Crippen LogP contribution in [-0.2, 0) is 10.8 Å². The van der Waals surface area contributed by atoms with Gasteiger partial charge in [-0.05, 0) is 59.4 Å². The lowest BCUT2D eigenvalue weighted by Crippen LogP contribution is -2.51. The van der Waals surface area contributed by atoms with Crippen molar-refractivity contribution >= 4 is 16.6 Å². The first-order chi connectivity index (χ1) is 15.9. The molecule has 4 nitrogen and oxygen atoms in total. The molecule has 0 fully saturated rings. The number of aliphatic hydroxyl groups is 1. The zero-order chi connectivity index (χ0) is 25.8. The monoisotopic (exact) mass is 506 g/mol. The number of rotatable bonds is 11. The second kappa shape index (κ2) is 11.7. The van der Waals surface area contributed by atoms with Crippen molar-refractivity contribution < 1.29 is 18.7 Å². The molecular formula is C28H50O4Si2. The van der Waals surface area contributed by atoms with Crippen molar-refractivity contribution in [3.8, 4) is 11.5 Å². The molecule has 0 aromatic heterocycles. The van der Waals surface area contributed by atoms with E-state index >= 15 is 0 Å². The normalized spacial score (nSPS) is 18.4. The molecule has 0 heterocycles. The topological polar surface area (TPSA) is 47.9 Å². The predicted molar refractivity (Wildman–Crippen MR) is 149 cm³/mol. The molecule has 0 bridgehead atoms. The predicted octanol–water partition coefficient (Wildman–Crippen LogP) is 8.52. The van der Waals surface area contributed by atoms with E-state index in [4.69, 9.17) is 13.6 Å². The molecule has 6 heteroatoms. The quantitative estimate of drug-likeness (QED) is 0.241. The largest absolute Gasteiger partial charge is 0.547 e. The lowest BCUT2D eigenvalue weighted by atomic mass is 9.84. The van der Waals surface area contributed by atoms with Crippen LogP contribution in [0.5, 0.6) is 11.5 Å². The first-order valence-electron chi connectivity index (χ1n) is 13.4. The van der Waals surface area contributed by atoms with E-state index < -0.39 is 22.7 Å². The molecule has 1 aliphatic rings. The van der Waals surface area contributed by atoms with Gasteiger partial charge < -0.3 is 18.7 Å². The Morgan fingerprint density at radius 3 is 1.88 bits per heavy atom. The van der Waals surface area contributed by atoms with Gasteiger partial charge in [-0.25, -0.2) is 0 Å². The number of fused-ring (bicyclic) bond motifs is 1. The van der Waals surface area contributed by atoms with E-state index in [1.807, 2.05) is 12.1 Å². The Hall–Kier alpha value is -1.25. The van der Waals surface area contributed by atoms with Crippen LogP contribution in [0.1, 0.15) is 92.9 Å². The Labute approximate surface area is 211 Å². The summed E-state index contributed by atoms with van der Waals surface area (Å²) in [6.45, 7) is 22.6. The van der Waals surface area contributed by atoms with Crippen LogP contribution in [0.2, 0.25) is 34.8 Å². The number of hydrogen-bond acceptors (Lipinski definition) is 4. The Kier molecular flexibility index (Phi) is 9.94. The third-order valence-electron chi connectivity index (χ3n) is 8.45. The minimum atomic E-state index is -2.15. The SMILES string of the molecule is CC[Si](CC)(CC)O/C(C)=C1\Cc2c(OC)ccc(O[Si](C(C)C)(C(C)C)C(C)C)c2[C@@H](O)C1. The third kappa shape index (κ3) is 5.44. The number of allylic oxidation sites excluding steroid dienone is 1. The molecule has 1 aromatic rings. The van der Waals surface area contributed by atoms with Gasteiger partial charge in [0.1, 0.15) is 11.5 Å².